The molecule has 0 saturated carbocycles. The third-order valence-corrected chi connectivity index (χ3v) is 2.85. The smallest absolute Gasteiger partial charge is 0.419 e. The molecule has 0 aliphatic heterocycles. The van der Waals surface area contributed by atoms with Crippen LogP contribution in [0.25, 0.3) is 0 Å². The quantitative estimate of drug-likeness (QED) is 0.798. The van der Waals surface area contributed by atoms with Gasteiger partial charge in [0.05, 0.1) is 5.56 Å². The molecule has 0 radical (unpaired) electrons. The van der Waals surface area contributed by atoms with E-state index in [0.29, 0.717) is 5.56 Å². The highest BCUT2D eigenvalue weighted by Crippen LogP contribution is 2.33. The molecule has 0 saturated heterocycles. The van der Waals surface area contributed by atoms with Gasteiger partial charge in [0.25, 0.3) is 6.43 Å². The number of hydrogen-bond donors (Lipinski definition) is 1. The molecule has 0 unspecified atom stereocenters. The summed E-state index contributed by atoms with van der Waals surface area (Å²) in [5.41, 5.74) is -0.291. The van der Waals surface area contributed by atoms with Crippen molar-refractivity contribution in [1.29, 1.82) is 0 Å². The van der Waals surface area contributed by atoms with Crippen LogP contribution in [0.2, 0.25) is 0 Å². The predicted octanol–water partition coefficient (Wildman–Crippen LogP) is 4.36. The minimum atomic E-state index is -4.52. The number of hydrogen-bond acceptors (Lipinski definition) is 3. The third kappa shape index (κ3) is 5.08. The Morgan fingerprint density at radius 3 is 2.61 bits per heavy atom. The van der Waals surface area contributed by atoms with Gasteiger partial charge < -0.3 is 10.1 Å². The average molecular weight is 332 g/mol. The van der Waals surface area contributed by atoms with Crippen molar-refractivity contribution in [3.63, 3.8) is 0 Å². The molecule has 0 fully saturated rings. The summed E-state index contributed by atoms with van der Waals surface area (Å²) in [5, 5.41) is 2.59. The van der Waals surface area contributed by atoms with Gasteiger partial charge in [0, 0.05) is 12.7 Å². The summed E-state index contributed by atoms with van der Waals surface area (Å²) in [7, 11) is 0. The lowest BCUT2D eigenvalue weighted by atomic mass is 10.2. The number of pyridine rings is 1. The van der Waals surface area contributed by atoms with Crippen LogP contribution < -0.4 is 10.1 Å². The summed E-state index contributed by atoms with van der Waals surface area (Å²) in [6.07, 6.45) is -5.86. The van der Waals surface area contributed by atoms with E-state index in [2.05, 4.69) is 10.3 Å². The highest BCUT2D eigenvalue weighted by molar-refractivity contribution is 5.46. The first-order valence-corrected chi connectivity index (χ1v) is 6.62. The van der Waals surface area contributed by atoms with Crippen LogP contribution in [0.15, 0.2) is 42.6 Å². The Morgan fingerprint density at radius 1 is 1.13 bits per heavy atom. The van der Waals surface area contributed by atoms with Crippen molar-refractivity contribution >= 4 is 5.82 Å². The lowest BCUT2D eigenvalue weighted by molar-refractivity contribution is -0.137. The maximum Gasteiger partial charge on any atom is 0.419 e. The summed E-state index contributed by atoms with van der Waals surface area (Å²) in [4.78, 5) is 3.68. The van der Waals surface area contributed by atoms with E-state index in [1.54, 1.807) is 12.1 Å². The van der Waals surface area contributed by atoms with Crippen LogP contribution in [-0.4, -0.2) is 18.0 Å². The summed E-state index contributed by atoms with van der Waals surface area (Å²) in [6.45, 7) is -0.693. The van der Waals surface area contributed by atoms with Crippen LogP contribution in [0.4, 0.5) is 27.8 Å². The van der Waals surface area contributed by atoms with Gasteiger partial charge in [0.15, 0.2) is 0 Å². The molecule has 8 heteroatoms. The number of alkyl halides is 5. The Kier molecular flexibility index (Phi) is 5.36. The van der Waals surface area contributed by atoms with Gasteiger partial charge in [0.1, 0.15) is 18.2 Å². The van der Waals surface area contributed by atoms with Gasteiger partial charge >= 0.3 is 6.18 Å². The normalized spacial score (nSPS) is 11.6. The second kappa shape index (κ2) is 7.26. The SMILES string of the molecule is FC(F)COc1cccc(CNc2ncccc2C(F)(F)F)c1. The van der Waals surface area contributed by atoms with E-state index < -0.39 is 24.8 Å². The number of benzene rings is 1. The molecular weight excluding hydrogens is 319 g/mol. The monoisotopic (exact) mass is 332 g/mol. The molecule has 0 atom stereocenters. The molecule has 2 aromatic rings. The molecule has 1 heterocycles. The number of nitrogens with zero attached hydrogens (tertiary/aromatic N) is 1. The lowest BCUT2D eigenvalue weighted by Crippen LogP contribution is -2.12. The molecule has 1 aromatic carbocycles. The molecule has 0 bridgehead atoms. The molecule has 1 N–H and O–H groups in total. The number of aromatic nitrogens is 1. The molecule has 1 aromatic heterocycles. The maximum absolute atomic E-state index is 12.8. The topological polar surface area (TPSA) is 34.1 Å². The van der Waals surface area contributed by atoms with Gasteiger partial charge in [-0.25, -0.2) is 13.8 Å². The second-order valence-corrected chi connectivity index (χ2v) is 4.60. The van der Waals surface area contributed by atoms with E-state index in [9.17, 15) is 22.0 Å². The first-order valence-electron chi connectivity index (χ1n) is 6.62. The minimum absolute atomic E-state index is 0.0476. The Balaban J connectivity index is 2.06. The number of anilines is 1. The van der Waals surface area contributed by atoms with Gasteiger partial charge in [-0.2, -0.15) is 13.2 Å². The summed E-state index contributed by atoms with van der Waals surface area (Å²) in [6, 6.07) is 8.31. The molecular formula is C15H13F5N2O. The number of halogens is 5. The molecule has 3 nitrogen and oxygen atoms in total. The van der Waals surface area contributed by atoms with Gasteiger partial charge in [-0.3, -0.25) is 0 Å². The van der Waals surface area contributed by atoms with Crippen LogP contribution in [0.5, 0.6) is 5.75 Å². The Bertz CT molecular complexity index is 646. The highest BCUT2D eigenvalue weighted by Gasteiger charge is 2.33. The molecule has 0 spiro atoms. The maximum atomic E-state index is 12.8. The first kappa shape index (κ1) is 17.0. The summed E-state index contributed by atoms with van der Waals surface area (Å²) in [5.74, 6) is -0.0689. The van der Waals surface area contributed by atoms with Crippen molar-refractivity contribution < 1.29 is 26.7 Å². The van der Waals surface area contributed by atoms with Gasteiger partial charge in [-0.15, -0.1) is 0 Å². The van der Waals surface area contributed by atoms with E-state index in [0.717, 1.165) is 6.07 Å². The van der Waals surface area contributed by atoms with Crippen molar-refractivity contribution in [3.8, 4) is 5.75 Å². The molecule has 0 aliphatic carbocycles. The Labute approximate surface area is 129 Å². The Morgan fingerprint density at radius 2 is 1.91 bits per heavy atom. The van der Waals surface area contributed by atoms with Crippen LogP contribution >= 0.6 is 0 Å². The highest BCUT2D eigenvalue weighted by atomic mass is 19.4. The van der Waals surface area contributed by atoms with E-state index in [4.69, 9.17) is 4.74 Å². The summed E-state index contributed by atoms with van der Waals surface area (Å²) < 4.78 is 67.6. The van der Waals surface area contributed by atoms with E-state index in [1.807, 2.05) is 0 Å². The van der Waals surface area contributed by atoms with Gasteiger partial charge in [0.2, 0.25) is 0 Å². The standard InChI is InChI=1S/C15H13F5N2O/c16-13(17)9-23-11-4-1-3-10(7-11)8-22-14-12(15(18,19)20)5-2-6-21-14/h1-7,13H,8-9H2,(H,21,22). The van der Waals surface area contributed by atoms with Gasteiger partial charge in [-0.1, -0.05) is 12.1 Å². The molecule has 23 heavy (non-hydrogen) atoms. The first-order chi connectivity index (χ1) is 10.9. The fourth-order valence-corrected chi connectivity index (χ4v) is 1.87. The zero-order chi connectivity index (χ0) is 16.9. The van der Waals surface area contributed by atoms with E-state index in [1.165, 1.54) is 24.4 Å². The molecule has 2 rings (SSSR count). The van der Waals surface area contributed by atoms with Crippen molar-refractivity contribution in [3.05, 3.63) is 53.7 Å². The molecule has 0 aliphatic rings. The zero-order valence-electron chi connectivity index (χ0n) is 11.8. The Hall–Kier alpha value is -2.38. The van der Waals surface area contributed by atoms with Gasteiger partial charge in [-0.05, 0) is 29.8 Å². The van der Waals surface area contributed by atoms with Crippen molar-refractivity contribution in [2.24, 2.45) is 0 Å². The number of ether oxygens (including phenoxy) is 1. The number of rotatable bonds is 6. The van der Waals surface area contributed by atoms with Crippen LogP contribution in [-0.2, 0) is 12.7 Å². The summed E-state index contributed by atoms with van der Waals surface area (Å²) >= 11 is 0. The average Bonchev–Trinajstić information content (AvgIpc) is 2.51. The number of nitrogens with one attached hydrogen (secondary N) is 1. The largest absolute Gasteiger partial charge is 0.488 e. The zero-order valence-corrected chi connectivity index (χ0v) is 11.8. The van der Waals surface area contributed by atoms with Crippen LogP contribution in [0.3, 0.4) is 0 Å². The fraction of sp³-hybridized carbons (Fsp3) is 0.267. The lowest BCUT2D eigenvalue weighted by Gasteiger charge is -2.13. The van der Waals surface area contributed by atoms with Crippen LogP contribution in [0.1, 0.15) is 11.1 Å². The second-order valence-electron chi connectivity index (χ2n) is 4.60. The molecule has 124 valence electrons. The molecule has 0 amide bonds. The minimum Gasteiger partial charge on any atom is -0.488 e. The van der Waals surface area contributed by atoms with Crippen molar-refractivity contribution in [2.45, 2.75) is 19.1 Å². The van der Waals surface area contributed by atoms with E-state index in [-0.39, 0.29) is 18.1 Å². The third-order valence-electron chi connectivity index (χ3n) is 2.85. The predicted molar refractivity (Wildman–Crippen MR) is 74.5 cm³/mol. The van der Waals surface area contributed by atoms with Crippen molar-refractivity contribution in [2.75, 3.05) is 11.9 Å². The van der Waals surface area contributed by atoms with Crippen molar-refractivity contribution in [1.82, 2.24) is 4.98 Å². The van der Waals surface area contributed by atoms with E-state index >= 15 is 0 Å². The fourth-order valence-electron chi connectivity index (χ4n) is 1.87. The van der Waals surface area contributed by atoms with Crippen LogP contribution in [0, 0.1) is 0 Å².